The molecule has 1 N–H and O–H groups in total. The smallest absolute Gasteiger partial charge is 0.178 e. The summed E-state index contributed by atoms with van der Waals surface area (Å²) in [5.74, 6) is 0.488. The van der Waals surface area contributed by atoms with Crippen LogP contribution in [-0.4, -0.2) is 24.3 Å². The van der Waals surface area contributed by atoms with Gasteiger partial charge in [-0.15, -0.1) is 10.2 Å². The molecule has 1 aromatic carbocycles. The minimum absolute atomic E-state index is 0.322. The first-order valence-corrected chi connectivity index (χ1v) is 7.24. The molecular weight excluding hydrogens is 345 g/mol. The van der Waals surface area contributed by atoms with Crippen LogP contribution in [0.3, 0.4) is 0 Å². The number of aromatic amines is 1. The molecule has 0 saturated heterocycles. The highest BCUT2D eigenvalue weighted by atomic mass is 79.9. The van der Waals surface area contributed by atoms with Gasteiger partial charge >= 0.3 is 0 Å². The molecule has 0 fully saturated rings. The summed E-state index contributed by atoms with van der Waals surface area (Å²) in [6, 6.07) is 3.14. The monoisotopic (exact) mass is 355 g/mol. The van der Waals surface area contributed by atoms with Gasteiger partial charge in [-0.3, -0.25) is 0 Å². The van der Waals surface area contributed by atoms with Crippen molar-refractivity contribution >= 4 is 39.2 Å². The van der Waals surface area contributed by atoms with E-state index in [0.29, 0.717) is 21.3 Å². The summed E-state index contributed by atoms with van der Waals surface area (Å²) in [6.07, 6.45) is 1.68. The molecule has 5 nitrogen and oxygen atoms in total. The fourth-order valence-corrected chi connectivity index (χ4v) is 2.72. The highest BCUT2D eigenvalue weighted by Gasteiger charge is 2.11. The van der Waals surface area contributed by atoms with Crippen molar-refractivity contribution in [2.45, 2.75) is 20.0 Å². The number of H-pyrrole nitrogens is 1. The molecule has 0 saturated carbocycles. The Morgan fingerprint density at radius 2 is 2.25 bits per heavy atom. The van der Waals surface area contributed by atoms with Crippen LogP contribution < -0.4 is 0 Å². The lowest BCUT2D eigenvalue weighted by atomic mass is 10.3. The summed E-state index contributed by atoms with van der Waals surface area (Å²) >= 11 is 8.50. The van der Waals surface area contributed by atoms with Gasteiger partial charge in [0, 0.05) is 12.6 Å². The van der Waals surface area contributed by atoms with Gasteiger partial charge in [0.05, 0.1) is 22.1 Å². The first kappa shape index (κ1) is 13.4. The zero-order chi connectivity index (χ0) is 14.3. The largest absolute Gasteiger partial charge is 0.330 e. The molecule has 0 atom stereocenters. The van der Waals surface area contributed by atoms with E-state index in [9.17, 15) is 4.39 Å². The van der Waals surface area contributed by atoms with Crippen LogP contribution in [0.4, 0.5) is 4.39 Å². The topological polar surface area (TPSA) is 51.4 Å². The summed E-state index contributed by atoms with van der Waals surface area (Å²) in [6.45, 7) is 3.30. The Balaban J connectivity index is 2.14. The Kier molecular flexibility index (Phi) is 3.43. The standard InChI is InChI=1S/C12H11BrFN5S/c1-2-18-6-15-17-11(18)5-19-10-3-7(13)8(14)4-9(10)16-12(19)20/h3-4,6H,2,5H2,1H3,(H,16,20). The van der Waals surface area contributed by atoms with Gasteiger partial charge in [0.2, 0.25) is 0 Å². The molecular formula is C12H11BrFN5S. The molecule has 2 heterocycles. The van der Waals surface area contributed by atoms with Crippen molar-refractivity contribution in [3.63, 3.8) is 0 Å². The molecule has 0 aliphatic carbocycles. The van der Waals surface area contributed by atoms with Crippen LogP contribution in [0.5, 0.6) is 0 Å². The van der Waals surface area contributed by atoms with E-state index in [1.54, 1.807) is 12.4 Å². The summed E-state index contributed by atoms with van der Waals surface area (Å²) in [4.78, 5) is 3.00. The maximum absolute atomic E-state index is 13.5. The number of nitrogens with zero attached hydrogens (tertiary/aromatic N) is 4. The molecule has 2 aromatic heterocycles. The molecule has 0 radical (unpaired) electrons. The van der Waals surface area contributed by atoms with E-state index in [2.05, 4.69) is 31.1 Å². The Bertz CT molecular complexity index is 834. The summed E-state index contributed by atoms with van der Waals surface area (Å²) < 4.78 is 18.3. The number of hydrogen-bond acceptors (Lipinski definition) is 3. The second-order valence-electron chi connectivity index (χ2n) is 4.33. The third-order valence-corrected chi connectivity index (χ3v) is 4.08. The number of rotatable bonds is 3. The van der Waals surface area contributed by atoms with Crippen LogP contribution >= 0.6 is 28.1 Å². The van der Waals surface area contributed by atoms with Crippen LogP contribution in [0.25, 0.3) is 11.0 Å². The Labute approximate surface area is 127 Å². The molecule has 8 heteroatoms. The average molecular weight is 356 g/mol. The van der Waals surface area contributed by atoms with Crippen molar-refractivity contribution in [3.8, 4) is 0 Å². The van der Waals surface area contributed by atoms with Gasteiger partial charge in [0.1, 0.15) is 12.1 Å². The van der Waals surface area contributed by atoms with Crippen molar-refractivity contribution in [1.82, 2.24) is 24.3 Å². The lowest BCUT2D eigenvalue weighted by Gasteiger charge is -2.06. The fraction of sp³-hybridized carbons (Fsp3) is 0.250. The molecule has 3 aromatic rings. The lowest BCUT2D eigenvalue weighted by Crippen LogP contribution is -2.07. The minimum Gasteiger partial charge on any atom is -0.330 e. The van der Waals surface area contributed by atoms with Crippen LogP contribution in [-0.2, 0) is 13.1 Å². The van der Waals surface area contributed by atoms with E-state index in [1.165, 1.54) is 6.07 Å². The van der Waals surface area contributed by atoms with Gasteiger partial charge in [-0.1, -0.05) is 0 Å². The highest BCUT2D eigenvalue weighted by Crippen LogP contribution is 2.23. The van der Waals surface area contributed by atoms with Gasteiger partial charge in [-0.2, -0.15) is 0 Å². The normalized spacial score (nSPS) is 11.3. The Hall–Kier alpha value is -1.54. The van der Waals surface area contributed by atoms with Crippen molar-refractivity contribution < 1.29 is 4.39 Å². The number of halogens is 2. The van der Waals surface area contributed by atoms with Gasteiger partial charge in [0.15, 0.2) is 10.6 Å². The maximum Gasteiger partial charge on any atom is 0.178 e. The number of aromatic nitrogens is 5. The fourth-order valence-electron chi connectivity index (χ4n) is 2.12. The quantitative estimate of drug-likeness (QED) is 0.733. The molecule has 0 aliphatic heterocycles. The van der Waals surface area contributed by atoms with E-state index in [0.717, 1.165) is 17.9 Å². The van der Waals surface area contributed by atoms with Crippen LogP contribution in [0, 0.1) is 10.6 Å². The van der Waals surface area contributed by atoms with Gasteiger partial charge in [-0.05, 0) is 41.1 Å². The maximum atomic E-state index is 13.5. The predicted molar refractivity (Wildman–Crippen MR) is 79.6 cm³/mol. The van der Waals surface area contributed by atoms with Gasteiger partial charge in [0.25, 0.3) is 0 Å². The number of aryl methyl sites for hydroxylation is 1. The average Bonchev–Trinajstić information content (AvgIpc) is 2.97. The Morgan fingerprint density at radius 3 is 3.00 bits per heavy atom. The van der Waals surface area contributed by atoms with Crippen molar-refractivity contribution in [3.05, 3.63) is 39.3 Å². The van der Waals surface area contributed by atoms with E-state index in [4.69, 9.17) is 12.2 Å². The third kappa shape index (κ3) is 2.18. The molecule has 20 heavy (non-hydrogen) atoms. The molecule has 104 valence electrons. The molecule has 0 bridgehead atoms. The number of imidazole rings is 1. The molecule has 0 unspecified atom stereocenters. The molecule has 0 aliphatic rings. The second-order valence-corrected chi connectivity index (χ2v) is 5.57. The van der Waals surface area contributed by atoms with Crippen LogP contribution in [0.1, 0.15) is 12.7 Å². The van der Waals surface area contributed by atoms with Crippen LogP contribution in [0.2, 0.25) is 0 Å². The number of nitrogens with one attached hydrogen (secondary N) is 1. The van der Waals surface area contributed by atoms with E-state index in [1.807, 2.05) is 16.1 Å². The Morgan fingerprint density at radius 1 is 1.45 bits per heavy atom. The van der Waals surface area contributed by atoms with E-state index >= 15 is 0 Å². The zero-order valence-corrected chi connectivity index (χ0v) is 13.0. The molecule has 0 amide bonds. The number of fused-ring (bicyclic) bond motifs is 1. The first-order chi connectivity index (χ1) is 9.60. The van der Waals surface area contributed by atoms with Crippen molar-refractivity contribution in [2.75, 3.05) is 0 Å². The minimum atomic E-state index is -0.322. The molecule has 3 rings (SSSR count). The summed E-state index contributed by atoms with van der Waals surface area (Å²) in [5, 5.41) is 8.00. The third-order valence-electron chi connectivity index (χ3n) is 3.15. The molecule has 0 spiro atoms. The van der Waals surface area contributed by atoms with Gasteiger partial charge < -0.3 is 14.1 Å². The SMILES string of the molecule is CCn1cnnc1Cn1c(=S)[nH]c2cc(F)c(Br)cc21. The number of hydrogen-bond donors (Lipinski definition) is 1. The second kappa shape index (κ2) is 5.10. The van der Waals surface area contributed by atoms with Crippen molar-refractivity contribution in [1.29, 1.82) is 0 Å². The summed E-state index contributed by atoms with van der Waals surface area (Å²) in [5.41, 5.74) is 1.49. The predicted octanol–water partition coefficient (Wildman–Crippen LogP) is 3.26. The number of benzene rings is 1. The van der Waals surface area contributed by atoms with E-state index in [-0.39, 0.29) is 5.82 Å². The lowest BCUT2D eigenvalue weighted by molar-refractivity contribution is 0.622. The zero-order valence-electron chi connectivity index (χ0n) is 10.6. The highest BCUT2D eigenvalue weighted by molar-refractivity contribution is 9.10. The van der Waals surface area contributed by atoms with Crippen LogP contribution in [0.15, 0.2) is 22.9 Å². The van der Waals surface area contributed by atoms with Crippen molar-refractivity contribution in [2.24, 2.45) is 0 Å². The summed E-state index contributed by atoms with van der Waals surface area (Å²) in [7, 11) is 0. The van der Waals surface area contributed by atoms with E-state index < -0.39 is 0 Å². The first-order valence-electron chi connectivity index (χ1n) is 6.04. The van der Waals surface area contributed by atoms with Gasteiger partial charge in [-0.25, -0.2) is 4.39 Å².